The number of ether oxygens (including phenoxy) is 1. The van der Waals surface area contributed by atoms with Gasteiger partial charge < -0.3 is 29.3 Å². The Morgan fingerprint density at radius 2 is 1.79 bits per heavy atom. The van der Waals surface area contributed by atoms with E-state index in [0.717, 1.165) is 78.4 Å². The van der Waals surface area contributed by atoms with Crippen LogP contribution in [-0.2, 0) is 42.4 Å². The van der Waals surface area contributed by atoms with Gasteiger partial charge in [0.2, 0.25) is 0 Å². The summed E-state index contributed by atoms with van der Waals surface area (Å²) >= 11 is 1.65. The van der Waals surface area contributed by atoms with Crippen LogP contribution in [0, 0.1) is 0 Å². The van der Waals surface area contributed by atoms with Gasteiger partial charge in [-0.1, -0.05) is 12.1 Å². The second-order valence-corrected chi connectivity index (χ2v) is 13.8. The van der Waals surface area contributed by atoms with Crippen molar-refractivity contribution in [2.24, 2.45) is 7.05 Å². The summed E-state index contributed by atoms with van der Waals surface area (Å²) in [5.74, 6) is 0.165. The van der Waals surface area contributed by atoms with Crippen molar-refractivity contribution in [3.8, 4) is 11.1 Å². The second-order valence-electron chi connectivity index (χ2n) is 12.7. The number of piperazine rings is 1. The number of esters is 1. The van der Waals surface area contributed by atoms with Crippen LogP contribution in [-0.4, -0.2) is 66.1 Å². The number of rotatable bonds is 7. The van der Waals surface area contributed by atoms with Gasteiger partial charge in [-0.3, -0.25) is 14.4 Å². The number of carbonyl (C=O) groups excluding carboxylic acids is 2. The van der Waals surface area contributed by atoms with E-state index in [-0.39, 0.29) is 18.1 Å². The van der Waals surface area contributed by atoms with E-state index in [1.165, 1.54) is 40.3 Å². The fourth-order valence-corrected chi connectivity index (χ4v) is 8.36. The van der Waals surface area contributed by atoms with Crippen LogP contribution in [0.25, 0.3) is 11.1 Å². The Labute approximate surface area is 278 Å². The molecule has 11 heteroatoms. The lowest BCUT2D eigenvalue weighted by molar-refractivity contribution is -0.142. The third-order valence-corrected chi connectivity index (χ3v) is 10.9. The Hall–Kier alpha value is -4.48. The lowest BCUT2D eigenvalue weighted by atomic mass is 9.91. The van der Waals surface area contributed by atoms with Crippen LogP contribution in [0.4, 0.5) is 22.9 Å². The molecule has 244 valence electrons. The first-order valence-corrected chi connectivity index (χ1v) is 17.2. The average Bonchev–Trinajstić information content (AvgIpc) is 3.46. The molecule has 1 fully saturated rings. The maximum absolute atomic E-state index is 14.0. The number of pyridine rings is 2. The highest BCUT2D eigenvalue weighted by atomic mass is 32.1. The number of nitrogens with zero attached hydrogens (tertiary/aromatic N) is 5. The van der Waals surface area contributed by atoms with Crippen molar-refractivity contribution in [1.82, 2.24) is 14.5 Å². The number of amides is 1. The largest absolute Gasteiger partial charge is 0.461 e. The summed E-state index contributed by atoms with van der Waals surface area (Å²) in [5, 5.41) is 3.23. The van der Waals surface area contributed by atoms with Crippen molar-refractivity contribution in [2.75, 3.05) is 54.9 Å². The lowest BCUT2D eigenvalue weighted by Crippen LogP contribution is -2.44. The van der Waals surface area contributed by atoms with Crippen LogP contribution in [0.3, 0.4) is 0 Å². The van der Waals surface area contributed by atoms with Crippen LogP contribution in [0.5, 0.6) is 0 Å². The van der Waals surface area contributed by atoms with Gasteiger partial charge >= 0.3 is 5.97 Å². The first-order chi connectivity index (χ1) is 22.8. The lowest BCUT2D eigenvalue weighted by Gasteiger charge is -2.33. The van der Waals surface area contributed by atoms with Crippen molar-refractivity contribution in [2.45, 2.75) is 45.6 Å². The molecule has 1 N–H and O–H groups in total. The fraction of sp³-hybridized carbons (Fsp3) is 0.389. The summed E-state index contributed by atoms with van der Waals surface area (Å²) in [6.07, 6.45) is 8.88. The quantitative estimate of drug-likeness (QED) is 0.274. The Kier molecular flexibility index (Phi) is 8.59. The third-order valence-electron chi connectivity index (χ3n) is 9.54. The highest BCUT2D eigenvalue weighted by Gasteiger charge is 2.33. The molecule has 47 heavy (non-hydrogen) atoms. The number of hydrogen-bond donors (Lipinski definition) is 1. The van der Waals surface area contributed by atoms with E-state index in [0.29, 0.717) is 18.1 Å². The Bertz CT molecular complexity index is 1890. The van der Waals surface area contributed by atoms with Gasteiger partial charge in [0.1, 0.15) is 18.1 Å². The molecule has 3 aliphatic rings. The number of anilines is 4. The molecule has 5 heterocycles. The molecule has 1 aliphatic carbocycles. The highest BCUT2D eigenvalue weighted by Crippen LogP contribution is 2.40. The minimum Gasteiger partial charge on any atom is -0.461 e. The van der Waals surface area contributed by atoms with Gasteiger partial charge in [0.15, 0.2) is 0 Å². The number of aromatic nitrogens is 2. The summed E-state index contributed by atoms with van der Waals surface area (Å²) in [4.78, 5) is 52.6. The van der Waals surface area contributed by atoms with E-state index in [1.807, 2.05) is 41.4 Å². The molecule has 3 aromatic heterocycles. The highest BCUT2D eigenvalue weighted by molar-refractivity contribution is 7.14. The number of hydrogen-bond acceptors (Lipinski definition) is 9. The van der Waals surface area contributed by atoms with Crippen LogP contribution < -0.4 is 20.7 Å². The predicted octanol–water partition coefficient (Wildman–Crippen LogP) is 5.15. The normalized spacial score (nSPS) is 16.5. The summed E-state index contributed by atoms with van der Waals surface area (Å²) in [6, 6.07) is 11.5. The monoisotopic (exact) mass is 652 g/mol. The van der Waals surface area contributed by atoms with Crippen LogP contribution in [0.15, 0.2) is 53.6 Å². The SMILES string of the molecule is CC(=O)OCc1c(-c2cc(Nc3ccc(N4CCN(C)CC4)cn3)c(=O)n(C)c2)cccc1N1CCc2c(sc3c2CCCC3)C1=O. The van der Waals surface area contributed by atoms with Crippen LogP contribution >= 0.6 is 11.3 Å². The number of likely N-dealkylation sites (N-methyl/N-ethyl adjacent to an activating group) is 1. The number of carbonyl (C=O) groups is 2. The molecule has 1 amide bonds. The summed E-state index contributed by atoms with van der Waals surface area (Å²) < 4.78 is 7.10. The predicted molar refractivity (Wildman–Crippen MR) is 186 cm³/mol. The van der Waals surface area contributed by atoms with Gasteiger partial charge in [-0.2, -0.15) is 0 Å². The number of benzene rings is 1. The maximum Gasteiger partial charge on any atom is 0.302 e. The molecule has 0 atom stereocenters. The number of thiophene rings is 1. The molecule has 0 bridgehead atoms. The van der Waals surface area contributed by atoms with E-state index in [4.69, 9.17) is 4.74 Å². The zero-order chi connectivity index (χ0) is 32.7. The second kappa shape index (κ2) is 13.0. The minimum absolute atomic E-state index is 0.000666. The molecule has 2 aliphatic heterocycles. The first-order valence-electron chi connectivity index (χ1n) is 16.3. The van der Waals surface area contributed by atoms with E-state index in [9.17, 15) is 14.4 Å². The van der Waals surface area contributed by atoms with Crippen LogP contribution in [0.1, 0.15) is 51.0 Å². The molecule has 0 radical (unpaired) electrons. The minimum atomic E-state index is -0.405. The molecular formula is C36H40N6O4S. The van der Waals surface area contributed by atoms with Gasteiger partial charge in [-0.25, -0.2) is 4.98 Å². The van der Waals surface area contributed by atoms with Gasteiger partial charge in [0.05, 0.1) is 22.4 Å². The smallest absolute Gasteiger partial charge is 0.302 e. The van der Waals surface area contributed by atoms with Gasteiger partial charge in [-0.05, 0) is 80.1 Å². The van der Waals surface area contributed by atoms with Crippen molar-refractivity contribution in [3.05, 3.63) is 85.6 Å². The number of aryl methyl sites for hydroxylation is 2. The van der Waals surface area contributed by atoms with Gasteiger partial charge in [0, 0.05) is 68.9 Å². The fourth-order valence-electron chi connectivity index (χ4n) is 6.97. The topological polar surface area (TPSA) is 100 Å². The zero-order valence-electron chi connectivity index (χ0n) is 27.2. The molecule has 10 nitrogen and oxygen atoms in total. The molecule has 1 aromatic carbocycles. The van der Waals surface area contributed by atoms with Crippen molar-refractivity contribution < 1.29 is 14.3 Å². The maximum atomic E-state index is 14.0. The van der Waals surface area contributed by atoms with E-state index < -0.39 is 5.97 Å². The summed E-state index contributed by atoms with van der Waals surface area (Å²) in [5.41, 5.74) is 6.83. The van der Waals surface area contributed by atoms with Crippen molar-refractivity contribution in [3.63, 3.8) is 0 Å². The number of fused-ring (bicyclic) bond motifs is 3. The van der Waals surface area contributed by atoms with Crippen molar-refractivity contribution in [1.29, 1.82) is 0 Å². The summed E-state index contributed by atoms with van der Waals surface area (Å²) in [6.45, 7) is 5.84. The Morgan fingerprint density at radius 3 is 2.55 bits per heavy atom. The van der Waals surface area contributed by atoms with E-state index in [2.05, 4.69) is 27.1 Å². The average molecular weight is 653 g/mol. The molecule has 4 aromatic rings. The Balaban J connectivity index is 1.21. The summed E-state index contributed by atoms with van der Waals surface area (Å²) in [7, 11) is 3.84. The number of nitrogens with one attached hydrogen (secondary N) is 1. The van der Waals surface area contributed by atoms with Gasteiger partial charge in [0.25, 0.3) is 11.5 Å². The van der Waals surface area contributed by atoms with E-state index in [1.54, 1.807) is 30.6 Å². The van der Waals surface area contributed by atoms with Crippen molar-refractivity contribution >= 4 is 46.1 Å². The standard InChI is InChI=1S/C36H40N6O4S/c1-23(43)46-22-29-26(8-6-9-31(29)42-14-13-28-27-7-4-5-10-32(27)47-34(28)36(42)45)24-19-30(35(44)40(3)21-24)38-33-12-11-25(20-37-33)41-17-15-39(2)16-18-41/h6,8-9,11-12,19-21H,4-5,7,10,13-18,22H2,1-3H3,(H,37,38). The van der Waals surface area contributed by atoms with Crippen LogP contribution in [0.2, 0.25) is 0 Å². The van der Waals surface area contributed by atoms with E-state index >= 15 is 0 Å². The molecule has 0 unspecified atom stereocenters. The van der Waals surface area contributed by atoms with Gasteiger partial charge in [-0.15, -0.1) is 11.3 Å². The molecule has 0 spiro atoms. The first kappa shape index (κ1) is 31.1. The third kappa shape index (κ3) is 6.17. The molecular weight excluding hydrogens is 613 g/mol. The molecule has 7 rings (SSSR count). The molecule has 1 saturated heterocycles. The zero-order valence-corrected chi connectivity index (χ0v) is 28.0. The molecule has 0 saturated carbocycles. The Morgan fingerprint density at radius 1 is 0.979 bits per heavy atom.